The molecule has 0 radical (unpaired) electrons. The van der Waals surface area contributed by atoms with E-state index in [1.54, 1.807) is 6.92 Å². The summed E-state index contributed by atoms with van der Waals surface area (Å²) in [6.07, 6.45) is 2.07. The van der Waals surface area contributed by atoms with Crippen molar-refractivity contribution in [2.24, 2.45) is 5.14 Å². The van der Waals surface area contributed by atoms with E-state index in [-0.39, 0.29) is 18.1 Å². The lowest BCUT2D eigenvalue weighted by Crippen LogP contribution is -2.47. The zero-order valence-electron chi connectivity index (χ0n) is 10.4. The predicted molar refractivity (Wildman–Crippen MR) is 68.2 cm³/mol. The fourth-order valence-electron chi connectivity index (χ4n) is 2.06. The first kappa shape index (κ1) is 14.4. The molecule has 10 heteroatoms. The Balaban J connectivity index is 2.27. The van der Waals surface area contributed by atoms with Gasteiger partial charge < -0.3 is 4.98 Å². The molecule has 0 amide bonds. The van der Waals surface area contributed by atoms with Crippen LogP contribution < -0.4 is 5.14 Å². The summed E-state index contributed by atoms with van der Waals surface area (Å²) in [4.78, 5) is 6.49. The summed E-state index contributed by atoms with van der Waals surface area (Å²) < 4.78 is 48.4. The van der Waals surface area contributed by atoms with Crippen LogP contribution in [0.2, 0.25) is 0 Å². The van der Waals surface area contributed by atoms with Crippen molar-refractivity contribution in [3.05, 3.63) is 12.0 Å². The number of nitrogens with one attached hydrogen (secondary N) is 1. The Labute approximate surface area is 112 Å². The van der Waals surface area contributed by atoms with Gasteiger partial charge in [0.2, 0.25) is 10.0 Å². The lowest BCUT2D eigenvalue weighted by molar-refractivity contribution is 0.345. The maximum absolute atomic E-state index is 12.3. The smallest absolute Gasteiger partial charge is 0.260 e. The minimum absolute atomic E-state index is 0.0277. The number of aromatic amines is 1. The second-order valence-corrected chi connectivity index (χ2v) is 8.30. The molecule has 19 heavy (non-hydrogen) atoms. The van der Waals surface area contributed by atoms with Crippen LogP contribution in [-0.4, -0.2) is 49.4 Å². The van der Waals surface area contributed by atoms with Crippen molar-refractivity contribution in [2.45, 2.75) is 30.0 Å². The summed E-state index contributed by atoms with van der Waals surface area (Å²) in [5.74, 6) is 0.485. The fraction of sp³-hybridized carbons (Fsp3) is 0.667. The summed E-state index contributed by atoms with van der Waals surface area (Å²) in [7, 11) is -7.47. The van der Waals surface area contributed by atoms with Crippen molar-refractivity contribution in [1.82, 2.24) is 14.3 Å². The van der Waals surface area contributed by atoms with Crippen LogP contribution in [0.15, 0.2) is 11.2 Å². The van der Waals surface area contributed by atoms with Gasteiger partial charge in [0.05, 0.1) is 11.4 Å². The third-order valence-corrected chi connectivity index (χ3v) is 6.19. The highest BCUT2D eigenvalue weighted by molar-refractivity contribution is 7.90. The van der Waals surface area contributed by atoms with Gasteiger partial charge in [0.1, 0.15) is 5.82 Å². The molecule has 108 valence electrons. The van der Waals surface area contributed by atoms with Crippen LogP contribution in [0.3, 0.4) is 0 Å². The zero-order chi connectivity index (χ0) is 14.3. The Morgan fingerprint density at radius 1 is 1.42 bits per heavy atom. The number of aryl methyl sites for hydroxylation is 1. The number of nitrogens with two attached hydrogens (primary N) is 1. The van der Waals surface area contributed by atoms with Gasteiger partial charge in [0, 0.05) is 13.1 Å². The first-order valence-electron chi connectivity index (χ1n) is 5.74. The highest BCUT2D eigenvalue weighted by Gasteiger charge is 2.35. The lowest BCUT2D eigenvalue weighted by atomic mass is 10.2. The second kappa shape index (κ2) is 4.85. The molecule has 0 spiro atoms. The van der Waals surface area contributed by atoms with Crippen LogP contribution in [0.1, 0.15) is 18.7 Å². The molecule has 2 heterocycles. The number of rotatable bonds is 3. The molecule has 1 aromatic heterocycles. The van der Waals surface area contributed by atoms with E-state index in [0.717, 1.165) is 4.31 Å². The Bertz CT molecular complexity index is 664. The van der Waals surface area contributed by atoms with Crippen molar-refractivity contribution in [3.63, 3.8) is 0 Å². The number of hydrogen-bond donors (Lipinski definition) is 2. The van der Waals surface area contributed by atoms with Gasteiger partial charge in [0.25, 0.3) is 10.0 Å². The van der Waals surface area contributed by atoms with Crippen LogP contribution in [0.5, 0.6) is 0 Å². The molecule has 0 saturated carbocycles. The Morgan fingerprint density at radius 2 is 2.11 bits per heavy atom. The van der Waals surface area contributed by atoms with E-state index in [1.807, 2.05) is 0 Å². The van der Waals surface area contributed by atoms with E-state index >= 15 is 0 Å². The minimum atomic E-state index is -3.74. The van der Waals surface area contributed by atoms with Crippen molar-refractivity contribution < 1.29 is 16.8 Å². The number of aromatic nitrogens is 2. The molecular weight excluding hydrogens is 292 g/mol. The summed E-state index contributed by atoms with van der Waals surface area (Å²) in [6, 6.07) is 0. The quantitative estimate of drug-likeness (QED) is 0.753. The fourth-order valence-corrected chi connectivity index (χ4v) is 4.52. The van der Waals surface area contributed by atoms with Gasteiger partial charge in [-0.15, -0.1) is 0 Å². The van der Waals surface area contributed by atoms with E-state index in [0.29, 0.717) is 18.7 Å². The topological polar surface area (TPSA) is 126 Å². The lowest BCUT2D eigenvalue weighted by Gasteiger charge is -2.30. The number of primary sulfonamides is 1. The number of H-pyrrole nitrogens is 1. The van der Waals surface area contributed by atoms with Gasteiger partial charge in [-0.25, -0.2) is 27.0 Å². The van der Waals surface area contributed by atoms with E-state index in [2.05, 4.69) is 9.97 Å². The Hall–Kier alpha value is -0.970. The number of imidazole rings is 1. The molecule has 2 rings (SSSR count). The summed E-state index contributed by atoms with van der Waals surface area (Å²) in [5.41, 5.74) is 0. The van der Waals surface area contributed by atoms with E-state index < -0.39 is 25.3 Å². The molecule has 0 aromatic carbocycles. The highest BCUT2D eigenvalue weighted by Crippen LogP contribution is 2.21. The monoisotopic (exact) mass is 308 g/mol. The molecular formula is C9H16N4O4S2. The van der Waals surface area contributed by atoms with Crippen molar-refractivity contribution in [1.29, 1.82) is 0 Å². The van der Waals surface area contributed by atoms with Gasteiger partial charge >= 0.3 is 0 Å². The molecule has 1 aromatic rings. The van der Waals surface area contributed by atoms with Crippen molar-refractivity contribution >= 4 is 20.0 Å². The molecule has 1 unspecified atom stereocenters. The van der Waals surface area contributed by atoms with Gasteiger partial charge in [-0.05, 0) is 19.8 Å². The second-order valence-electron chi connectivity index (χ2n) is 4.55. The van der Waals surface area contributed by atoms with Crippen LogP contribution in [0.4, 0.5) is 0 Å². The maximum atomic E-state index is 12.3. The molecule has 1 fully saturated rings. The maximum Gasteiger partial charge on any atom is 0.260 e. The van der Waals surface area contributed by atoms with E-state index in [9.17, 15) is 16.8 Å². The van der Waals surface area contributed by atoms with Gasteiger partial charge in [-0.3, -0.25) is 0 Å². The third-order valence-electron chi connectivity index (χ3n) is 3.10. The van der Waals surface area contributed by atoms with Crippen LogP contribution in [-0.2, 0) is 20.0 Å². The van der Waals surface area contributed by atoms with Gasteiger partial charge in [-0.1, -0.05) is 0 Å². The average molecular weight is 308 g/mol. The molecule has 1 atom stereocenters. The molecule has 1 aliphatic rings. The third kappa shape index (κ3) is 2.96. The predicted octanol–water partition coefficient (Wildman–Crippen LogP) is -0.840. The highest BCUT2D eigenvalue weighted by atomic mass is 32.2. The molecule has 0 bridgehead atoms. The SMILES string of the molecule is Cc1ncc(S(=O)(=O)N2CCCC(S(N)(=O)=O)C2)[nH]1. The van der Waals surface area contributed by atoms with Crippen LogP contribution >= 0.6 is 0 Å². The molecule has 0 aliphatic carbocycles. The molecule has 1 aliphatic heterocycles. The Morgan fingerprint density at radius 3 is 2.63 bits per heavy atom. The van der Waals surface area contributed by atoms with Gasteiger partial charge in [-0.2, -0.15) is 4.31 Å². The first-order valence-corrected chi connectivity index (χ1v) is 8.79. The standard InChI is InChI=1S/C9H16N4O4S2/c1-7-11-5-9(12-7)19(16,17)13-4-2-3-8(6-13)18(10,14)15/h5,8H,2-4,6H2,1H3,(H,11,12)(H2,10,14,15). The molecule has 3 N–H and O–H groups in total. The minimum Gasteiger partial charge on any atom is -0.332 e. The first-order chi connectivity index (χ1) is 8.71. The largest absolute Gasteiger partial charge is 0.332 e. The number of hydrogen-bond acceptors (Lipinski definition) is 5. The molecule has 1 saturated heterocycles. The number of nitrogens with zero attached hydrogens (tertiary/aromatic N) is 2. The summed E-state index contributed by atoms with van der Waals surface area (Å²) in [5, 5.41) is 4.21. The Kier molecular flexibility index (Phi) is 3.69. The number of sulfonamides is 2. The molecule has 8 nitrogen and oxygen atoms in total. The normalized spacial score (nSPS) is 22.5. The van der Waals surface area contributed by atoms with Crippen molar-refractivity contribution in [2.75, 3.05) is 13.1 Å². The van der Waals surface area contributed by atoms with Gasteiger partial charge in [0.15, 0.2) is 5.03 Å². The van der Waals surface area contributed by atoms with E-state index in [1.165, 1.54) is 6.20 Å². The van der Waals surface area contributed by atoms with E-state index in [4.69, 9.17) is 5.14 Å². The number of piperidine rings is 1. The average Bonchev–Trinajstić information content (AvgIpc) is 2.76. The van der Waals surface area contributed by atoms with Crippen molar-refractivity contribution in [3.8, 4) is 0 Å². The zero-order valence-corrected chi connectivity index (χ0v) is 12.0. The summed E-state index contributed by atoms with van der Waals surface area (Å²) >= 11 is 0. The van der Waals surface area contributed by atoms with Crippen LogP contribution in [0, 0.1) is 6.92 Å². The summed E-state index contributed by atoms with van der Waals surface area (Å²) in [6.45, 7) is 1.81. The van der Waals surface area contributed by atoms with Crippen LogP contribution in [0.25, 0.3) is 0 Å².